The Balaban J connectivity index is 1.74. The number of nitrogens with zero attached hydrogens (tertiary/aromatic N) is 4. The SMILES string of the molecule is Cc1ccc(-c2nc(C(=O)N(C)Cc3nccn3C(F)F)cs2)cc1. The first kappa shape index (κ1) is 17.2. The molecule has 1 amide bonds. The zero-order valence-corrected chi connectivity index (χ0v) is 14.5. The Morgan fingerprint density at radius 3 is 2.72 bits per heavy atom. The maximum atomic E-state index is 12.9. The van der Waals surface area contributed by atoms with E-state index < -0.39 is 6.55 Å². The molecule has 0 aliphatic heterocycles. The summed E-state index contributed by atoms with van der Waals surface area (Å²) in [7, 11) is 1.54. The number of rotatable bonds is 5. The second-order valence-electron chi connectivity index (χ2n) is 5.59. The minimum Gasteiger partial charge on any atom is -0.333 e. The van der Waals surface area contributed by atoms with Crippen molar-refractivity contribution in [3.63, 3.8) is 0 Å². The van der Waals surface area contributed by atoms with E-state index in [1.807, 2.05) is 31.2 Å². The van der Waals surface area contributed by atoms with Crippen LogP contribution in [-0.2, 0) is 6.54 Å². The Morgan fingerprint density at radius 1 is 1.32 bits per heavy atom. The Hall–Kier alpha value is -2.61. The average Bonchev–Trinajstić information content (AvgIpc) is 3.24. The number of halogens is 2. The lowest BCUT2D eigenvalue weighted by molar-refractivity contribution is 0.0611. The second kappa shape index (κ2) is 7.10. The molecule has 130 valence electrons. The largest absolute Gasteiger partial charge is 0.333 e. The standard InChI is InChI=1S/C17H16F2N4OS/c1-11-3-5-12(6-4-11)15-21-13(10-25-15)16(24)22(2)9-14-20-7-8-23(14)17(18)19/h3-8,10,17H,9H2,1-2H3. The normalized spacial score (nSPS) is 11.1. The van der Waals surface area contributed by atoms with E-state index >= 15 is 0 Å². The lowest BCUT2D eigenvalue weighted by atomic mass is 10.2. The third-order valence-electron chi connectivity index (χ3n) is 3.71. The predicted octanol–water partition coefficient (Wildman–Crippen LogP) is 3.98. The molecule has 0 radical (unpaired) electrons. The van der Waals surface area contributed by atoms with Crippen LogP contribution in [0.1, 0.15) is 28.4 Å². The van der Waals surface area contributed by atoms with E-state index in [9.17, 15) is 13.6 Å². The van der Waals surface area contributed by atoms with Crippen molar-refractivity contribution in [1.29, 1.82) is 0 Å². The predicted molar refractivity (Wildman–Crippen MR) is 91.6 cm³/mol. The molecular weight excluding hydrogens is 346 g/mol. The average molecular weight is 362 g/mol. The number of thiazole rings is 1. The first-order valence-corrected chi connectivity index (χ1v) is 8.41. The molecule has 2 aromatic heterocycles. The number of imidazole rings is 1. The van der Waals surface area contributed by atoms with E-state index in [1.165, 1.54) is 35.7 Å². The molecule has 0 saturated carbocycles. The van der Waals surface area contributed by atoms with E-state index in [2.05, 4.69) is 9.97 Å². The summed E-state index contributed by atoms with van der Waals surface area (Å²) >= 11 is 1.37. The summed E-state index contributed by atoms with van der Waals surface area (Å²) < 4.78 is 26.5. The molecule has 3 aromatic rings. The molecule has 0 aliphatic rings. The molecule has 0 spiro atoms. The van der Waals surface area contributed by atoms with Crippen molar-refractivity contribution in [2.75, 3.05) is 7.05 Å². The van der Waals surface area contributed by atoms with Gasteiger partial charge in [0.05, 0.1) is 6.54 Å². The smallest absolute Gasteiger partial charge is 0.319 e. The third-order valence-corrected chi connectivity index (χ3v) is 4.60. The molecule has 0 bridgehead atoms. The fourth-order valence-corrected chi connectivity index (χ4v) is 3.12. The summed E-state index contributed by atoms with van der Waals surface area (Å²) in [4.78, 5) is 22.1. The molecule has 0 saturated heterocycles. The molecule has 0 unspecified atom stereocenters. The maximum Gasteiger partial charge on any atom is 0.319 e. The van der Waals surface area contributed by atoms with Gasteiger partial charge in [0.15, 0.2) is 0 Å². The van der Waals surface area contributed by atoms with Gasteiger partial charge in [0.2, 0.25) is 0 Å². The van der Waals surface area contributed by atoms with Gasteiger partial charge in [-0.25, -0.2) is 9.97 Å². The topological polar surface area (TPSA) is 51.0 Å². The van der Waals surface area contributed by atoms with Gasteiger partial charge in [-0.1, -0.05) is 29.8 Å². The highest BCUT2D eigenvalue weighted by Gasteiger charge is 2.19. The van der Waals surface area contributed by atoms with Crippen molar-refractivity contribution in [3.05, 3.63) is 59.1 Å². The van der Waals surface area contributed by atoms with Crippen molar-refractivity contribution in [1.82, 2.24) is 19.4 Å². The summed E-state index contributed by atoms with van der Waals surface area (Å²) in [5.74, 6) is -0.210. The molecule has 0 aliphatic carbocycles. The molecule has 1 aromatic carbocycles. The van der Waals surface area contributed by atoms with Gasteiger partial charge in [-0.3, -0.25) is 9.36 Å². The second-order valence-corrected chi connectivity index (χ2v) is 6.45. The Morgan fingerprint density at radius 2 is 2.04 bits per heavy atom. The lowest BCUT2D eigenvalue weighted by Gasteiger charge is -2.16. The summed E-state index contributed by atoms with van der Waals surface area (Å²) in [6.07, 6.45) is 2.48. The van der Waals surface area contributed by atoms with Crippen LogP contribution in [0.2, 0.25) is 0 Å². The first-order chi connectivity index (χ1) is 12.0. The van der Waals surface area contributed by atoms with Gasteiger partial charge in [-0.2, -0.15) is 8.78 Å². The highest BCUT2D eigenvalue weighted by molar-refractivity contribution is 7.13. The number of aromatic nitrogens is 3. The molecule has 0 fully saturated rings. The van der Waals surface area contributed by atoms with Crippen LogP contribution in [-0.4, -0.2) is 32.4 Å². The number of aryl methyl sites for hydroxylation is 1. The van der Waals surface area contributed by atoms with E-state index in [0.29, 0.717) is 5.69 Å². The summed E-state index contributed by atoms with van der Waals surface area (Å²) in [6, 6.07) is 7.86. The van der Waals surface area contributed by atoms with Crippen LogP contribution in [0.4, 0.5) is 8.78 Å². The number of amides is 1. The van der Waals surface area contributed by atoms with Crippen LogP contribution >= 0.6 is 11.3 Å². The molecule has 25 heavy (non-hydrogen) atoms. The van der Waals surface area contributed by atoms with Gasteiger partial charge in [-0.15, -0.1) is 11.3 Å². The summed E-state index contributed by atoms with van der Waals surface area (Å²) in [6.45, 7) is -0.708. The van der Waals surface area contributed by atoms with Gasteiger partial charge >= 0.3 is 6.55 Å². The third kappa shape index (κ3) is 3.74. The van der Waals surface area contributed by atoms with E-state index in [0.717, 1.165) is 20.7 Å². The van der Waals surface area contributed by atoms with Crippen molar-refractivity contribution >= 4 is 17.2 Å². The van der Waals surface area contributed by atoms with Gasteiger partial charge in [0, 0.05) is 30.4 Å². The van der Waals surface area contributed by atoms with Crippen molar-refractivity contribution in [2.45, 2.75) is 20.0 Å². The minimum absolute atomic E-state index is 0.0203. The fraction of sp³-hybridized carbons (Fsp3) is 0.235. The van der Waals surface area contributed by atoms with E-state index in [-0.39, 0.29) is 18.3 Å². The number of benzene rings is 1. The zero-order valence-electron chi connectivity index (χ0n) is 13.7. The van der Waals surface area contributed by atoms with Crippen LogP contribution in [0.15, 0.2) is 42.0 Å². The van der Waals surface area contributed by atoms with Crippen LogP contribution < -0.4 is 0 Å². The molecule has 2 heterocycles. The summed E-state index contributed by atoms with van der Waals surface area (Å²) in [5.41, 5.74) is 2.37. The molecule has 0 atom stereocenters. The monoisotopic (exact) mass is 362 g/mol. The summed E-state index contributed by atoms with van der Waals surface area (Å²) in [5, 5.41) is 2.42. The molecular formula is C17H16F2N4OS. The van der Waals surface area contributed by atoms with Crippen molar-refractivity contribution in [3.8, 4) is 10.6 Å². The molecule has 3 rings (SSSR count). The highest BCUT2D eigenvalue weighted by Crippen LogP contribution is 2.24. The van der Waals surface area contributed by atoms with E-state index in [1.54, 1.807) is 5.38 Å². The number of carbonyl (C=O) groups excluding carboxylic acids is 1. The Labute approximate surface area is 147 Å². The van der Waals surface area contributed by atoms with Crippen LogP contribution in [0.3, 0.4) is 0 Å². The Kier molecular flexibility index (Phi) is 4.89. The van der Waals surface area contributed by atoms with Crippen LogP contribution in [0.5, 0.6) is 0 Å². The molecule has 8 heteroatoms. The van der Waals surface area contributed by atoms with Gasteiger partial charge in [0.25, 0.3) is 5.91 Å². The van der Waals surface area contributed by atoms with Crippen molar-refractivity contribution < 1.29 is 13.6 Å². The zero-order chi connectivity index (χ0) is 18.0. The number of carbonyl (C=O) groups is 1. The maximum absolute atomic E-state index is 12.9. The number of hydrogen-bond acceptors (Lipinski definition) is 4. The van der Waals surface area contributed by atoms with Gasteiger partial charge in [-0.05, 0) is 6.92 Å². The van der Waals surface area contributed by atoms with Gasteiger partial charge < -0.3 is 4.90 Å². The van der Waals surface area contributed by atoms with E-state index in [4.69, 9.17) is 0 Å². The first-order valence-electron chi connectivity index (χ1n) is 7.53. The number of alkyl halides is 2. The fourth-order valence-electron chi connectivity index (χ4n) is 2.32. The Bertz CT molecular complexity index is 873. The van der Waals surface area contributed by atoms with Gasteiger partial charge in [0.1, 0.15) is 16.5 Å². The molecule has 0 N–H and O–H groups in total. The lowest BCUT2D eigenvalue weighted by Crippen LogP contribution is -2.28. The van der Waals surface area contributed by atoms with Crippen LogP contribution in [0.25, 0.3) is 10.6 Å². The highest BCUT2D eigenvalue weighted by atomic mass is 32.1. The number of hydrogen-bond donors (Lipinski definition) is 0. The quantitative estimate of drug-likeness (QED) is 0.690. The van der Waals surface area contributed by atoms with Crippen molar-refractivity contribution in [2.24, 2.45) is 0 Å². The minimum atomic E-state index is -2.69. The molecule has 5 nitrogen and oxygen atoms in total. The van der Waals surface area contributed by atoms with Crippen LogP contribution in [0, 0.1) is 6.92 Å².